The van der Waals surface area contributed by atoms with Crippen molar-refractivity contribution < 1.29 is 15.0 Å². The largest absolute Gasteiger partial charge is 0.393 e. The fourth-order valence-electron chi connectivity index (χ4n) is 4.46. The van der Waals surface area contributed by atoms with Gasteiger partial charge in [-0.3, -0.25) is 4.79 Å². The number of β-amino-alcohol motifs (C(OH)–C–C–N with tert-alkyl or cyclic N) is 1. The van der Waals surface area contributed by atoms with Crippen molar-refractivity contribution >= 4 is 16.7 Å². The second-order valence-electron chi connectivity index (χ2n) is 8.37. The van der Waals surface area contributed by atoms with Gasteiger partial charge in [0.1, 0.15) is 5.60 Å². The van der Waals surface area contributed by atoms with Crippen molar-refractivity contribution in [2.75, 3.05) is 19.7 Å². The molecule has 3 aromatic rings. The number of fused-ring (bicyclic) bond motifs is 1. The number of hydrogen-bond donors (Lipinski definition) is 2. The smallest absolute Gasteiger partial charge is 0.254 e. The Balaban J connectivity index is 1.71. The molecule has 1 atom stereocenters. The maximum atomic E-state index is 13.3. The summed E-state index contributed by atoms with van der Waals surface area (Å²) in [6.45, 7) is 2.61. The van der Waals surface area contributed by atoms with Gasteiger partial charge in [-0.2, -0.15) is 0 Å². The molecule has 0 saturated carbocycles. The minimum absolute atomic E-state index is 0.0948. The Morgan fingerprint density at radius 3 is 2.47 bits per heavy atom. The maximum absolute atomic E-state index is 13.3. The molecule has 30 heavy (non-hydrogen) atoms. The van der Waals surface area contributed by atoms with E-state index in [0.29, 0.717) is 24.9 Å². The number of amides is 1. The van der Waals surface area contributed by atoms with Crippen molar-refractivity contribution in [1.29, 1.82) is 0 Å². The Morgan fingerprint density at radius 1 is 1.03 bits per heavy atom. The first-order valence-corrected chi connectivity index (χ1v) is 10.8. The molecule has 1 amide bonds. The molecule has 0 spiro atoms. The highest BCUT2D eigenvalue weighted by Crippen LogP contribution is 2.32. The van der Waals surface area contributed by atoms with Gasteiger partial charge in [0.05, 0.1) is 13.2 Å². The Labute approximate surface area is 177 Å². The standard InChI is InChI=1S/C26H29NO3/c1-2-6-19-9-11-20(12-10-19)21-13-14-24(23-8-4-3-7-22(21)23)25(29)27-16-5-15-26(30,17-27)18-28/h3-4,7-14,28,30H,2,5-6,15-18H2,1H3. The molecule has 4 heteroatoms. The van der Waals surface area contributed by atoms with E-state index < -0.39 is 5.60 Å². The molecular formula is C26H29NO3. The summed E-state index contributed by atoms with van der Waals surface area (Å²) in [5, 5.41) is 21.9. The number of piperidine rings is 1. The molecule has 1 aliphatic heterocycles. The average Bonchev–Trinajstić information content (AvgIpc) is 2.79. The molecule has 0 bridgehead atoms. The molecular weight excluding hydrogens is 374 g/mol. The molecule has 4 rings (SSSR count). The predicted octanol–water partition coefficient (Wildman–Crippen LogP) is 4.42. The Kier molecular flexibility index (Phi) is 5.89. The van der Waals surface area contributed by atoms with Crippen LogP contribution in [0.1, 0.15) is 42.1 Å². The SMILES string of the molecule is CCCc1ccc(-c2ccc(C(=O)N3CCCC(O)(CO)C3)c3ccccc23)cc1. The van der Waals surface area contributed by atoms with Gasteiger partial charge in [0.15, 0.2) is 0 Å². The summed E-state index contributed by atoms with van der Waals surface area (Å²) in [5.41, 5.74) is 3.01. The summed E-state index contributed by atoms with van der Waals surface area (Å²) < 4.78 is 0. The number of aliphatic hydroxyl groups is 2. The van der Waals surface area contributed by atoms with E-state index in [1.165, 1.54) is 5.56 Å². The first-order chi connectivity index (χ1) is 14.5. The van der Waals surface area contributed by atoms with Gasteiger partial charge in [-0.05, 0) is 52.8 Å². The van der Waals surface area contributed by atoms with Crippen molar-refractivity contribution in [3.8, 4) is 11.1 Å². The van der Waals surface area contributed by atoms with Crippen LogP contribution >= 0.6 is 0 Å². The summed E-state index contributed by atoms with van der Waals surface area (Å²) in [6.07, 6.45) is 3.40. The molecule has 156 valence electrons. The molecule has 4 nitrogen and oxygen atoms in total. The minimum Gasteiger partial charge on any atom is -0.393 e. The van der Waals surface area contributed by atoms with Gasteiger partial charge in [0.25, 0.3) is 5.91 Å². The van der Waals surface area contributed by atoms with Crippen molar-refractivity contribution in [3.63, 3.8) is 0 Å². The molecule has 0 aromatic heterocycles. The number of carbonyl (C=O) groups is 1. The normalized spacial score (nSPS) is 19.2. The predicted molar refractivity (Wildman–Crippen MR) is 121 cm³/mol. The van der Waals surface area contributed by atoms with Crippen LogP contribution in [0.5, 0.6) is 0 Å². The number of hydrogen-bond acceptors (Lipinski definition) is 3. The molecule has 0 radical (unpaired) electrons. The number of likely N-dealkylation sites (tertiary alicyclic amines) is 1. The zero-order chi connectivity index (χ0) is 21.1. The molecule has 1 unspecified atom stereocenters. The third-order valence-corrected chi connectivity index (χ3v) is 6.09. The molecule has 0 aliphatic carbocycles. The van der Waals surface area contributed by atoms with E-state index in [1.54, 1.807) is 4.90 Å². The fraction of sp³-hybridized carbons (Fsp3) is 0.346. The van der Waals surface area contributed by atoms with Gasteiger partial charge in [0, 0.05) is 12.1 Å². The second-order valence-corrected chi connectivity index (χ2v) is 8.37. The molecule has 1 aliphatic rings. The van der Waals surface area contributed by atoms with Crippen LogP contribution < -0.4 is 0 Å². The Hall–Kier alpha value is -2.69. The van der Waals surface area contributed by atoms with Crippen molar-refractivity contribution in [1.82, 2.24) is 4.90 Å². The molecule has 1 heterocycles. The summed E-state index contributed by atoms with van der Waals surface area (Å²) in [5.74, 6) is -0.0948. The molecule has 1 saturated heterocycles. The highest BCUT2D eigenvalue weighted by molar-refractivity contribution is 6.11. The lowest BCUT2D eigenvalue weighted by Crippen LogP contribution is -2.52. The Morgan fingerprint density at radius 2 is 1.77 bits per heavy atom. The summed E-state index contributed by atoms with van der Waals surface area (Å²) in [7, 11) is 0. The second kappa shape index (κ2) is 8.58. The zero-order valence-corrected chi connectivity index (χ0v) is 17.5. The lowest BCUT2D eigenvalue weighted by Gasteiger charge is -2.38. The topological polar surface area (TPSA) is 60.8 Å². The fourth-order valence-corrected chi connectivity index (χ4v) is 4.46. The first kappa shape index (κ1) is 20.6. The van der Waals surface area contributed by atoms with Crippen LogP contribution in [-0.2, 0) is 6.42 Å². The lowest BCUT2D eigenvalue weighted by molar-refractivity contribution is -0.0598. The zero-order valence-electron chi connectivity index (χ0n) is 17.5. The van der Waals surface area contributed by atoms with Crippen LogP contribution in [0.4, 0.5) is 0 Å². The van der Waals surface area contributed by atoms with Crippen LogP contribution in [0.3, 0.4) is 0 Å². The van der Waals surface area contributed by atoms with E-state index in [0.717, 1.165) is 34.7 Å². The number of nitrogens with zero attached hydrogens (tertiary/aromatic N) is 1. The van der Waals surface area contributed by atoms with Crippen LogP contribution in [0.15, 0.2) is 60.7 Å². The lowest BCUT2D eigenvalue weighted by atomic mass is 9.91. The van der Waals surface area contributed by atoms with Crippen LogP contribution in [0.2, 0.25) is 0 Å². The summed E-state index contributed by atoms with van der Waals surface area (Å²) in [6, 6.07) is 20.6. The molecule has 2 N–H and O–H groups in total. The van der Waals surface area contributed by atoms with E-state index in [4.69, 9.17) is 0 Å². The number of benzene rings is 3. The van der Waals surface area contributed by atoms with Gasteiger partial charge < -0.3 is 15.1 Å². The van der Waals surface area contributed by atoms with E-state index in [2.05, 4.69) is 37.3 Å². The van der Waals surface area contributed by atoms with Crippen LogP contribution in [0.25, 0.3) is 21.9 Å². The number of carbonyl (C=O) groups excluding carboxylic acids is 1. The van der Waals surface area contributed by atoms with Crippen molar-refractivity contribution in [3.05, 3.63) is 71.8 Å². The molecule has 1 fully saturated rings. The Bertz CT molecular complexity index is 1040. The monoisotopic (exact) mass is 403 g/mol. The van der Waals surface area contributed by atoms with E-state index in [-0.39, 0.29) is 19.1 Å². The van der Waals surface area contributed by atoms with E-state index in [1.807, 2.05) is 30.3 Å². The average molecular weight is 404 g/mol. The van der Waals surface area contributed by atoms with Crippen LogP contribution in [-0.4, -0.2) is 46.3 Å². The first-order valence-electron chi connectivity index (χ1n) is 10.8. The number of aryl methyl sites for hydroxylation is 1. The third-order valence-electron chi connectivity index (χ3n) is 6.09. The maximum Gasteiger partial charge on any atom is 0.254 e. The summed E-state index contributed by atoms with van der Waals surface area (Å²) in [4.78, 5) is 15.0. The van der Waals surface area contributed by atoms with E-state index >= 15 is 0 Å². The van der Waals surface area contributed by atoms with Crippen molar-refractivity contribution in [2.24, 2.45) is 0 Å². The molecule has 3 aromatic carbocycles. The van der Waals surface area contributed by atoms with Crippen LogP contribution in [0, 0.1) is 0 Å². The highest BCUT2D eigenvalue weighted by atomic mass is 16.3. The van der Waals surface area contributed by atoms with E-state index in [9.17, 15) is 15.0 Å². The van der Waals surface area contributed by atoms with Gasteiger partial charge >= 0.3 is 0 Å². The minimum atomic E-state index is -1.20. The highest BCUT2D eigenvalue weighted by Gasteiger charge is 2.35. The quantitative estimate of drug-likeness (QED) is 0.663. The summed E-state index contributed by atoms with van der Waals surface area (Å²) >= 11 is 0. The van der Waals surface area contributed by atoms with Gasteiger partial charge in [0.2, 0.25) is 0 Å². The number of aliphatic hydroxyl groups excluding tert-OH is 1. The third kappa shape index (κ3) is 3.98. The van der Waals surface area contributed by atoms with Gasteiger partial charge in [-0.25, -0.2) is 0 Å². The van der Waals surface area contributed by atoms with Crippen molar-refractivity contribution in [2.45, 2.75) is 38.2 Å². The van der Waals surface area contributed by atoms with Gasteiger partial charge in [-0.1, -0.05) is 67.9 Å². The number of rotatable bonds is 5. The van der Waals surface area contributed by atoms with Gasteiger partial charge in [-0.15, -0.1) is 0 Å².